The summed E-state index contributed by atoms with van der Waals surface area (Å²) in [5.74, 6) is -0.248. The Bertz CT molecular complexity index is 620. The second-order valence-electron chi connectivity index (χ2n) is 8.62. The number of hydrogen-bond acceptors (Lipinski definition) is 5. The van der Waals surface area contributed by atoms with Crippen LogP contribution in [0, 0.1) is 0 Å². The van der Waals surface area contributed by atoms with Gasteiger partial charge in [-0.1, -0.05) is 0 Å². The summed E-state index contributed by atoms with van der Waals surface area (Å²) in [7, 11) is 0. The number of aromatic nitrogens is 2. The number of nitrogens with zero attached hydrogens (tertiary/aromatic N) is 3. The van der Waals surface area contributed by atoms with E-state index in [4.69, 9.17) is 14.6 Å². The molecule has 0 fully saturated rings. The minimum Gasteiger partial charge on any atom is -0.465 e. The lowest BCUT2D eigenvalue weighted by Gasteiger charge is -2.30. The first-order valence-corrected chi connectivity index (χ1v) is 8.50. The fraction of sp³-hybridized carbons (Fsp3) is 0.667. The highest BCUT2D eigenvalue weighted by molar-refractivity contribution is 5.99. The lowest BCUT2D eigenvalue weighted by Crippen LogP contribution is -2.36. The van der Waals surface area contributed by atoms with E-state index in [-0.39, 0.29) is 17.2 Å². The van der Waals surface area contributed by atoms with Gasteiger partial charge in [-0.25, -0.2) is 14.3 Å². The smallest absolute Gasteiger partial charge is 0.437 e. The normalized spacial score (nSPS) is 12.7. The quantitative estimate of drug-likeness (QED) is 0.518. The zero-order chi connectivity index (χ0) is 21.5. The van der Waals surface area contributed by atoms with Gasteiger partial charge in [-0.15, -0.1) is 4.99 Å². The summed E-state index contributed by atoms with van der Waals surface area (Å²) in [4.78, 5) is 25.6. The van der Waals surface area contributed by atoms with Crippen molar-refractivity contribution < 1.29 is 24.2 Å². The van der Waals surface area contributed by atoms with Crippen molar-refractivity contribution in [2.45, 2.75) is 79.1 Å². The van der Waals surface area contributed by atoms with Gasteiger partial charge in [0.2, 0.25) is 5.96 Å². The largest absolute Gasteiger partial charge is 0.465 e. The van der Waals surface area contributed by atoms with Crippen LogP contribution in [0.15, 0.2) is 23.5 Å². The molecule has 0 unspecified atom stereocenters. The van der Waals surface area contributed by atoms with Gasteiger partial charge in [-0.05, 0) is 68.4 Å². The van der Waals surface area contributed by atoms with Crippen molar-refractivity contribution in [2.24, 2.45) is 4.99 Å². The van der Waals surface area contributed by atoms with Crippen molar-refractivity contribution in [3.8, 4) is 0 Å². The molecule has 0 aliphatic rings. The number of ether oxygens (including phenoxy) is 2. The summed E-state index contributed by atoms with van der Waals surface area (Å²) in [6.07, 6.45) is 0.613. The zero-order valence-electron chi connectivity index (χ0n) is 17.7. The van der Waals surface area contributed by atoms with E-state index >= 15 is 0 Å². The predicted molar refractivity (Wildman–Crippen MR) is 103 cm³/mol. The molecular formula is C18H32N4O5. The van der Waals surface area contributed by atoms with Crippen LogP contribution in [0.4, 0.5) is 9.59 Å². The number of nitrogens with one attached hydrogen (secondary N) is 1. The minimum absolute atomic E-state index is 0.0156. The molecule has 0 bridgehead atoms. The molecular weight excluding hydrogens is 352 g/mol. The first-order valence-electron chi connectivity index (χ1n) is 8.50. The Kier molecular flexibility index (Phi) is 8.65. The summed E-state index contributed by atoms with van der Waals surface area (Å²) >= 11 is 0. The van der Waals surface area contributed by atoms with E-state index in [9.17, 15) is 9.59 Å². The third-order valence-electron chi connectivity index (χ3n) is 2.14. The molecule has 1 heterocycles. The topological polar surface area (TPSA) is 115 Å². The van der Waals surface area contributed by atoms with Crippen LogP contribution in [-0.4, -0.2) is 49.8 Å². The number of carboxylic acid groups (broad SMARTS) is 1. The number of carbonyl (C=O) groups is 2. The Labute approximate surface area is 160 Å². The average molecular weight is 384 g/mol. The Morgan fingerprint density at radius 1 is 1.00 bits per heavy atom. The molecule has 154 valence electrons. The lowest BCUT2D eigenvalue weighted by atomic mass is 10.1. The van der Waals surface area contributed by atoms with Crippen LogP contribution in [0.5, 0.6) is 0 Å². The fourth-order valence-electron chi connectivity index (χ4n) is 1.92. The maximum absolute atomic E-state index is 11.5. The molecule has 0 spiro atoms. The molecule has 9 heteroatoms. The van der Waals surface area contributed by atoms with Gasteiger partial charge < -0.3 is 14.6 Å². The Morgan fingerprint density at radius 2 is 1.52 bits per heavy atom. The highest BCUT2D eigenvalue weighted by Gasteiger charge is 2.20. The number of rotatable bonds is 0. The average Bonchev–Trinajstić information content (AvgIpc) is 2.84. The third kappa shape index (κ3) is 14.4. The number of amides is 2. The Balaban J connectivity index is 0.000000636. The highest BCUT2D eigenvalue weighted by Crippen LogP contribution is 2.18. The zero-order valence-corrected chi connectivity index (χ0v) is 17.7. The molecule has 27 heavy (non-hydrogen) atoms. The van der Waals surface area contributed by atoms with Crippen molar-refractivity contribution in [3.63, 3.8) is 0 Å². The first kappa shape index (κ1) is 24.6. The molecule has 1 rings (SSSR count). The van der Waals surface area contributed by atoms with E-state index < -0.39 is 17.8 Å². The minimum atomic E-state index is -1.35. The van der Waals surface area contributed by atoms with E-state index in [1.165, 1.54) is 12.4 Å². The van der Waals surface area contributed by atoms with E-state index in [1.54, 1.807) is 26.8 Å². The SMILES string of the molecule is CC(C)(C)OC(=O)N=C(NC(=O)O)n1cccn1.CC(C)(C)OC(C)(C)C. The predicted octanol–water partition coefficient (Wildman–Crippen LogP) is 3.89. The Hall–Kier alpha value is -2.42. The van der Waals surface area contributed by atoms with Crippen molar-refractivity contribution in [1.82, 2.24) is 15.1 Å². The molecule has 0 aliphatic heterocycles. The molecule has 0 saturated carbocycles. The van der Waals surface area contributed by atoms with E-state index in [2.05, 4.69) is 51.6 Å². The molecule has 9 nitrogen and oxygen atoms in total. The molecule has 1 aromatic heterocycles. The van der Waals surface area contributed by atoms with Crippen molar-refractivity contribution in [1.29, 1.82) is 0 Å². The van der Waals surface area contributed by atoms with Gasteiger partial charge in [0.05, 0.1) is 11.2 Å². The molecule has 2 N–H and O–H groups in total. The van der Waals surface area contributed by atoms with Gasteiger partial charge in [0.1, 0.15) is 5.60 Å². The first-order chi connectivity index (χ1) is 12.0. The van der Waals surface area contributed by atoms with Crippen LogP contribution in [0.25, 0.3) is 0 Å². The van der Waals surface area contributed by atoms with Crippen LogP contribution in [0.1, 0.15) is 62.3 Å². The number of hydrogen-bond donors (Lipinski definition) is 2. The van der Waals surface area contributed by atoms with Crippen LogP contribution in [-0.2, 0) is 9.47 Å². The van der Waals surface area contributed by atoms with Gasteiger partial charge in [-0.3, -0.25) is 5.32 Å². The van der Waals surface area contributed by atoms with Gasteiger partial charge in [0.15, 0.2) is 0 Å². The van der Waals surface area contributed by atoms with Crippen LogP contribution < -0.4 is 5.32 Å². The van der Waals surface area contributed by atoms with E-state index in [1.807, 2.05) is 5.32 Å². The van der Waals surface area contributed by atoms with Gasteiger partial charge in [0.25, 0.3) is 0 Å². The van der Waals surface area contributed by atoms with Crippen molar-refractivity contribution >= 4 is 18.1 Å². The maximum Gasteiger partial charge on any atom is 0.437 e. The van der Waals surface area contributed by atoms with Crippen LogP contribution in [0.3, 0.4) is 0 Å². The highest BCUT2D eigenvalue weighted by atomic mass is 16.6. The summed E-state index contributed by atoms with van der Waals surface area (Å²) in [6, 6.07) is 1.56. The summed E-state index contributed by atoms with van der Waals surface area (Å²) in [5, 5.41) is 14.4. The molecule has 0 radical (unpaired) electrons. The number of aliphatic imine (C=N–C) groups is 1. The molecule has 0 atom stereocenters. The van der Waals surface area contributed by atoms with Crippen molar-refractivity contribution in [2.75, 3.05) is 0 Å². The fourth-order valence-corrected chi connectivity index (χ4v) is 1.92. The summed E-state index contributed by atoms with van der Waals surface area (Å²) in [6.45, 7) is 17.4. The van der Waals surface area contributed by atoms with Crippen LogP contribution in [0.2, 0.25) is 0 Å². The second kappa shape index (κ2) is 9.50. The van der Waals surface area contributed by atoms with E-state index in [0.29, 0.717) is 0 Å². The molecule has 0 aromatic carbocycles. The van der Waals surface area contributed by atoms with Crippen LogP contribution >= 0.6 is 0 Å². The summed E-state index contributed by atoms with van der Waals surface area (Å²) in [5.41, 5.74) is -0.741. The lowest BCUT2D eigenvalue weighted by molar-refractivity contribution is -0.102. The molecule has 2 amide bonds. The monoisotopic (exact) mass is 384 g/mol. The van der Waals surface area contributed by atoms with E-state index in [0.717, 1.165) is 4.68 Å². The third-order valence-corrected chi connectivity index (χ3v) is 2.14. The van der Waals surface area contributed by atoms with Gasteiger partial charge >= 0.3 is 12.2 Å². The summed E-state index contributed by atoms with van der Waals surface area (Å²) < 4.78 is 11.7. The number of carbonyl (C=O) groups excluding carboxylic acids is 1. The molecule has 0 aliphatic carbocycles. The molecule has 1 aromatic rings. The molecule has 0 saturated heterocycles. The van der Waals surface area contributed by atoms with Gasteiger partial charge in [-0.2, -0.15) is 5.10 Å². The Morgan fingerprint density at radius 3 is 1.81 bits per heavy atom. The van der Waals surface area contributed by atoms with Gasteiger partial charge in [0, 0.05) is 12.4 Å². The van der Waals surface area contributed by atoms with Crippen molar-refractivity contribution in [3.05, 3.63) is 18.5 Å². The standard InChI is InChI=1S/C10H14N4O4.C8H18O/c1-10(2,3)18-9(17)13-7(12-8(15)16)14-6-4-5-11-14;1-7(2,3)9-8(4,5)6/h4-6H,1-3H3,(H,15,16)(H,12,13,17);1-6H3. The second-order valence-corrected chi connectivity index (χ2v) is 8.62. The maximum atomic E-state index is 11.5.